The second-order valence-corrected chi connectivity index (χ2v) is 8.32. The first-order valence-corrected chi connectivity index (χ1v) is 11.0. The summed E-state index contributed by atoms with van der Waals surface area (Å²) < 4.78 is 24.9. The second kappa shape index (κ2) is 8.51. The molecule has 0 fully saturated rings. The van der Waals surface area contributed by atoms with Crippen LogP contribution in [-0.2, 0) is 0 Å². The molecule has 1 aliphatic rings. The number of carbonyl (C=O) groups is 1. The van der Waals surface area contributed by atoms with Crippen molar-refractivity contribution in [3.05, 3.63) is 89.0 Å². The summed E-state index contributed by atoms with van der Waals surface area (Å²) in [6.07, 6.45) is 0. The van der Waals surface area contributed by atoms with Gasteiger partial charge in [0.1, 0.15) is 11.6 Å². The number of anilines is 1. The lowest BCUT2D eigenvalue weighted by Gasteiger charge is -2.35. The van der Waals surface area contributed by atoms with Crippen molar-refractivity contribution >= 4 is 28.6 Å². The Balaban J connectivity index is 1.65. The molecule has 2 aromatic carbocycles. The van der Waals surface area contributed by atoms with Gasteiger partial charge in [0, 0.05) is 5.70 Å². The molecular weight excluding hydrogens is 443 g/mol. The topological polar surface area (TPSA) is 80.5 Å². The number of thiophene rings is 1. The minimum Gasteiger partial charge on any atom is -0.497 e. The van der Waals surface area contributed by atoms with Crippen LogP contribution in [0.2, 0.25) is 0 Å². The highest BCUT2D eigenvalue weighted by Crippen LogP contribution is 2.39. The number of nitrogens with zero attached hydrogens (tertiary/aromatic N) is 3. The Morgan fingerprint density at radius 3 is 2.67 bits per heavy atom. The molecule has 0 saturated carbocycles. The third-order valence-corrected chi connectivity index (χ3v) is 6.26. The van der Waals surface area contributed by atoms with Gasteiger partial charge in [-0.25, -0.2) is 9.18 Å². The zero-order chi connectivity index (χ0) is 22.9. The first-order chi connectivity index (χ1) is 16.0. The molecule has 166 valence electrons. The molecule has 1 unspecified atom stereocenters. The lowest BCUT2D eigenvalue weighted by molar-refractivity contribution is 0.244. The number of amides is 2. The van der Waals surface area contributed by atoms with Gasteiger partial charge in [0.15, 0.2) is 0 Å². The maximum absolute atomic E-state index is 13.9. The van der Waals surface area contributed by atoms with Crippen LogP contribution in [0.5, 0.6) is 5.75 Å². The van der Waals surface area contributed by atoms with Gasteiger partial charge in [0.25, 0.3) is 5.89 Å². The largest absolute Gasteiger partial charge is 0.497 e. The van der Waals surface area contributed by atoms with E-state index in [9.17, 15) is 9.18 Å². The van der Waals surface area contributed by atoms with Crippen LogP contribution in [-0.4, -0.2) is 23.3 Å². The predicted octanol–water partition coefficient (Wildman–Crippen LogP) is 5.65. The second-order valence-electron chi connectivity index (χ2n) is 7.37. The Bertz CT molecular complexity index is 1330. The molecule has 1 aliphatic heterocycles. The first kappa shape index (κ1) is 20.9. The number of halogens is 1. The minimum atomic E-state index is -0.551. The number of rotatable bonds is 5. The Labute approximate surface area is 193 Å². The summed E-state index contributed by atoms with van der Waals surface area (Å²) in [6, 6.07) is 16.1. The fourth-order valence-electron chi connectivity index (χ4n) is 3.83. The highest BCUT2D eigenvalue weighted by Gasteiger charge is 2.36. The zero-order valence-electron chi connectivity index (χ0n) is 17.8. The number of nitrogens with one attached hydrogen (secondary N) is 1. The molecule has 33 heavy (non-hydrogen) atoms. The summed E-state index contributed by atoms with van der Waals surface area (Å²) in [7, 11) is 1.59. The normalized spacial score (nSPS) is 16.2. The number of hydrogen-bond acceptors (Lipinski definition) is 6. The van der Waals surface area contributed by atoms with Crippen molar-refractivity contribution in [2.75, 3.05) is 12.0 Å². The van der Waals surface area contributed by atoms with E-state index in [-0.39, 0.29) is 11.9 Å². The summed E-state index contributed by atoms with van der Waals surface area (Å²) in [4.78, 5) is 20.0. The van der Waals surface area contributed by atoms with Crippen LogP contribution in [0.4, 0.5) is 14.9 Å². The summed E-state index contributed by atoms with van der Waals surface area (Å²) in [5.41, 5.74) is 2.40. The monoisotopic (exact) mass is 462 g/mol. The van der Waals surface area contributed by atoms with Crippen LogP contribution < -0.4 is 15.0 Å². The molecule has 2 amide bonds. The standard InChI is InChI=1S/C24H19FN4O3S/c1-14-20(23-27-22(28-32-23)19-7-4-12-33-19)21(15-8-10-18(31-2)11-9-15)26-24(30)29(14)17-6-3-5-16(25)13-17/h3-13,21H,1-2H3,(H,26,30). The van der Waals surface area contributed by atoms with Gasteiger partial charge in [-0.1, -0.05) is 29.4 Å². The number of benzene rings is 2. The molecule has 3 heterocycles. The van der Waals surface area contributed by atoms with E-state index in [1.807, 2.05) is 41.8 Å². The predicted molar refractivity (Wildman–Crippen MR) is 123 cm³/mol. The third-order valence-electron chi connectivity index (χ3n) is 5.40. The zero-order valence-corrected chi connectivity index (χ0v) is 18.6. The molecule has 7 nitrogen and oxygen atoms in total. The molecule has 2 aromatic heterocycles. The molecule has 4 aromatic rings. The number of ether oxygens (including phenoxy) is 1. The Morgan fingerprint density at radius 2 is 1.97 bits per heavy atom. The van der Waals surface area contributed by atoms with Crippen LogP contribution in [0, 0.1) is 5.82 Å². The number of methoxy groups -OCH3 is 1. The van der Waals surface area contributed by atoms with Crippen LogP contribution >= 0.6 is 11.3 Å². The van der Waals surface area contributed by atoms with Gasteiger partial charge in [0.2, 0.25) is 5.82 Å². The van der Waals surface area contributed by atoms with E-state index in [2.05, 4.69) is 15.5 Å². The van der Waals surface area contributed by atoms with Gasteiger partial charge in [-0.3, -0.25) is 4.90 Å². The summed E-state index contributed by atoms with van der Waals surface area (Å²) in [5.74, 6) is 0.994. The first-order valence-electron chi connectivity index (χ1n) is 10.1. The minimum absolute atomic E-state index is 0.276. The van der Waals surface area contributed by atoms with Crippen LogP contribution in [0.1, 0.15) is 24.4 Å². The summed E-state index contributed by atoms with van der Waals surface area (Å²) in [5, 5.41) is 9.07. The highest BCUT2D eigenvalue weighted by atomic mass is 32.1. The number of urea groups is 1. The van der Waals surface area contributed by atoms with E-state index < -0.39 is 11.9 Å². The van der Waals surface area contributed by atoms with E-state index in [1.165, 1.54) is 28.4 Å². The van der Waals surface area contributed by atoms with Gasteiger partial charge in [0.05, 0.1) is 29.3 Å². The molecular formula is C24H19FN4O3S. The average molecular weight is 463 g/mol. The van der Waals surface area contributed by atoms with Crippen LogP contribution in [0.3, 0.4) is 0 Å². The van der Waals surface area contributed by atoms with Gasteiger partial charge in [-0.2, -0.15) is 4.98 Å². The molecule has 5 rings (SSSR count). The van der Waals surface area contributed by atoms with Gasteiger partial charge in [-0.15, -0.1) is 11.3 Å². The van der Waals surface area contributed by atoms with Crippen molar-refractivity contribution in [3.8, 4) is 16.5 Å². The Hall–Kier alpha value is -3.98. The molecule has 0 spiro atoms. The van der Waals surface area contributed by atoms with Crippen molar-refractivity contribution in [2.45, 2.75) is 13.0 Å². The van der Waals surface area contributed by atoms with Crippen molar-refractivity contribution in [3.63, 3.8) is 0 Å². The Morgan fingerprint density at radius 1 is 1.15 bits per heavy atom. The van der Waals surface area contributed by atoms with E-state index >= 15 is 0 Å². The Kier molecular flexibility index (Phi) is 5.39. The van der Waals surface area contributed by atoms with E-state index in [0.717, 1.165) is 10.4 Å². The van der Waals surface area contributed by atoms with Gasteiger partial charge >= 0.3 is 6.03 Å². The van der Waals surface area contributed by atoms with E-state index in [0.29, 0.717) is 28.5 Å². The molecule has 9 heteroatoms. The average Bonchev–Trinajstić information content (AvgIpc) is 3.51. The molecule has 0 saturated heterocycles. The van der Waals surface area contributed by atoms with Crippen molar-refractivity contribution in [1.82, 2.24) is 15.5 Å². The molecule has 0 radical (unpaired) electrons. The van der Waals surface area contributed by atoms with Crippen molar-refractivity contribution < 1.29 is 18.4 Å². The van der Waals surface area contributed by atoms with Crippen molar-refractivity contribution in [1.29, 1.82) is 0 Å². The third kappa shape index (κ3) is 3.87. The van der Waals surface area contributed by atoms with Crippen LogP contribution in [0.15, 0.2) is 76.3 Å². The fourth-order valence-corrected chi connectivity index (χ4v) is 4.48. The molecule has 0 aliphatic carbocycles. The smallest absolute Gasteiger partial charge is 0.327 e. The van der Waals surface area contributed by atoms with Gasteiger partial charge < -0.3 is 14.6 Å². The van der Waals surface area contributed by atoms with E-state index in [4.69, 9.17) is 9.26 Å². The van der Waals surface area contributed by atoms with E-state index in [1.54, 1.807) is 26.2 Å². The molecule has 1 atom stereocenters. The van der Waals surface area contributed by atoms with Gasteiger partial charge in [-0.05, 0) is 54.3 Å². The number of allylic oxidation sites excluding steroid dienone is 1. The maximum atomic E-state index is 13.9. The number of carbonyl (C=O) groups excluding carboxylic acids is 1. The molecule has 1 N–H and O–H groups in total. The molecule has 0 bridgehead atoms. The summed E-state index contributed by atoms with van der Waals surface area (Å²) >= 11 is 1.50. The van der Waals surface area contributed by atoms with Crippen LogP contribution in [0.25, 0.3) is 16.3 Å². The quantitative estimate of drug-likeness (QED) is 0.415. The van der Waals surface area contributed by atoms with Crippen molar-refractivity contribution in [2.24, 2.45) is 0 Å². The number of aromatic nitrogens is 2. The lowest BCUT2D eigenvalue weighted by Crippen LogP contribution is -2.46. The summed E-state index contributed by atoms with van der Waals surface area (Å²) in [6.45, 7) is 1.78. The fraction of sp³-hybridized carbons (Fsp3) is 0.125. The highest BCUT2D eigenvalue weighted by molar-refractivity contribution is 7.13. The lowest BCUT2D eigenvalue weighted by atomic mass is 9.94. The number of hydrogen-bond donors (Lipinski definition) is 1. The SMILES string of the molecule is COc1ccc(C2NC(=O)N(c3cccc(F)c3)C(C)=C2c2nc(-c3cccs3)no2)cc1. The maximum Gasteiger partial charge on any atom is 0.327 e.